The number of fused-ring (bicyclic) bond motifs is 2. The lowest BCUT2D eigenvalue weighted by Crippen LogP contribution is -2.57. The molecule has 0 aliphatic carbocycles. The van der Waals surface area contributed by atoms with Gasteiger partial charge in [-0.25, -0.2) is 4.98 Å². The minimum atomic E-state index is -0.0259. The van der Waals surface area contributed by atoms with E-state index in [1.54, 1.807) is 4.68 Å². The van der Waals surface area contributed by atoms with Crippen LogP contribution in [0.25, 0.3) is 0 Å². The first kappa shape index (κ1) is 18.2. The minimum absolute atomic E-state index is 0.0259. The molecule has 2 aliphatic rings. The van der Waals surface area contributed by atoms with Crippen LogP contribution < -0.4 is 0 Å². The van der Waals surface area contributed by atoms with E-state index in [0.717, 1.165) is 51.1 Å². The lowest BCUT2D eigenvalue weighted by atomic mass is 9.78. The number of likely N-dealkylation sites (tertiary alicyclic amines) is 1. The highest BCUT2D eigenvalue weighted by molar-refractivity contribution is 5.92. The predicted molar refractivity (Wildman–Crippen MR) is 104 cm³/mol. The van der Waals surface area contributed by atoms with Gasteiger partial charge in [0.2, 0.25) is 0 Å². The molecular formula is C20H30N6O. The summed E-state index contributed by atoms with van der Waals surface area (Å²) in [7, 11) is 1.84. The third-order valence-corrected chi connectivity index (χ3v) is 6.28. The van der Waals surface area contributed by atoms with Crippen molar-refractivity contribution in [3.8, 4) is 0 Å². The fraction of sp³-hybridized carbons (Fsp3) is 0.650. The van der Waals surface area contributed by atoms with E-state index < -0.39 is 0 Å². The lowest BCUT2D eigenvalue weighted by molar-refractivity contribution is 0.00598. The molecule has 0 radical (unpaired) electrons. The zero-order valence-corrected chi connectivity index (χ0v) is 16.7. The molecule has 0 bridgehead atoms. The number of carbonyl (C=O) groups excluding carboxylic acids is 1. The Balaban J connectivity index is 1.55. The molecule has 0 unspecified atom stereocenters. The highest BCUT2D eigenvalue weighted by atomic mass is 16.2. The second kappa shape index (κ2) is 7.11. The SMILES string of the molecule is CCCCN1CCc2[nH]cnc2C12CCN(C(=O)c1cc(C)nn1C)CC2. The van der Waals surface area contributed by atoms with E-state index in [1.807, 2.05) is 31.3 Å². The molecule has 146 valence electrons. The van der Waals surface area contributed by atoms with Crippen LogP contribution in [0.15, 0.2) is 12.4 Å². The molecule has 0 atom stereocenters. The molecule has 1 fully saturated rings. The van der Waals surface area contributed by atoms with Crippen molar-refractivity contribution in [1.82, 2.24) is 29.5 Å². The van der Waals surface area contributed by atoms with Gasteiger partial charge < -0.3 is 9.88 Å². The number of rotatable bonds is 4. The number of hydrogen-bond acceptors (Lipinski definition) is 4. The molecular weight excluding hydrogens is 340 g/mol. The molecule has 1 amide bonds. The molecule has 4 rings (SSSR count). The van der Waals surface area contributed by atoms with Crippen LogP contribution in [-0.2, 0) is 19.0 Å². The van der Waals surface area contributed by atoms with E-state index in [-0.39, 0.29) is 11.4 Å². The number of aromatic amines is 1. The summed E-state index contributed by atoms with van der Waals surface area (Å²) >= 11 is 0. The van der Waals surface area contributed by atoms with Gasteiger partial charge in [-0.15, -0.1) is 0 Å². The first-order valence-electron chi connectivity index (χ1n) is 10.1. The van der Waals surface area contributed by atoms with Crippen molar-refractivity contribution >= 4 is 5.91 Å². The smallest absolute Gasteiger partial charge is 0.272 e. The highest BCUT2D eigenvalue weighted by Gasteiger charge is 2.47. The molecule has 1 saturated heterocycles. The van der Waals surface area contributed by atoms with Gasteiger partial charge in [0.25, 0.3) is 5.91 Å². The van der Waals surface area contributed by atoms with Gasteiger partial charge in [0.05, 0.1) is 23.3 Å². The summed E-state index contributed by atoms with van der Waals surface area (Å²) in [6.45, 7) is 7.88. The van der Waals surface area contributed by atoms with Crippen LogP contribution in [-0.4, -0.2) is 61.6 Å². The number of imidazole rings is 1. The third-order valence-electron chi connectivity index (χ3n) is 6.28. The number of aromatic nitrogens is 4. The second-order valence-electron chi connectivity index (χ2n) is 7.94. The number of carbonyl (C=O) groups is 1. The maximum atomic E-state index is 13.0. The third kappa shape index (κ3) is 3.08. The average molecular weight is 371 g/mol. The zero-order valence-electron chi connectivity index (χ0n) is 16.7. The molecule has 1 N–H and O–H groups in total. The van der Waals surface area contributed by atoms with Gasteiger partial charge in [0, 0.05) is 38.8 Å². The number of nitrogens with zero attached hydrogens (tertiary/aromatic N) is 5. The Kier molecular flexibility index (Phi) is 4.80. The number of unbranched alkanes of at least 4 members (excludes halogenated alkanes) is 1. The van der Waals surface area contributed by atoms with Gasteiger partial charge >= 0.3 is 0 Å². The average Bonchev–Trinajstić information content (AvgIpc) is 3.28. The Morgan fingerprint density at radius 2 is 2.07 bits per heavy atom. The summed E-state index contributed by atoms with van der Waals surface area (Å²) in [6.07, 6.45) is 7.17. The van der Waals surface area contributed by atoms with Crippen molar-refractivity contribution in [2.24, 2.45) is 7.05 Å². The second-order valence-corrected chi connectivity index (χ2v) is 7.94. The van der Waals surface area contributed by atoms with Crippen LogP contribution >= 0.6 is 0 Å². The van der Waals surface area contributed by atoms with E-state index in [0.29, 0.717) is 5.69 Å². The maximum absolute atomic E-state index is 13.0. The number of H-pyrrole nitrogens is 1. The van der Waals surface area contributed by atoms with Crippen LogP contribution in [0.3, 0.4) is 0 Å². The lowest BCUT2D eigenvalue weighted by Gasteiger charge is -2.50. The Labute approximate surface area is 160 Å². The largest absolute Gasteiger partial charge is 0.348 e. The predicted octanol–water partition coefficient (Wildman–Crippen LogP) is 2.24. The van der Waals surface area contributed by atoms with Gasteiger partial charge in [-0.1, -0.05) is 13.3 Å². The van der Waals surface area contributed by atoms with E-state index in [4.69, 9.17) is 4.98 Å². The fourth-order valence-electron chi connectivity index (χ4n) is 4.80. The molecule has 2 aromatic heterocycles. The van der Waals surface area contributed by atoms with Crippen LogP contribution in [0.5, 0.6) is 0 Å². The van der Waals surface area contributed by atoms with Gasteiger partial charge in [-0.2, -0.15) is 5.10 Å². The van der Waals surface area contributed by atoms with Crippen molar-refractivity contribution in [1.29, 1.82) is 0 Å². The first-order valence-corrected chi connectivity index (χ1v) is 10.1. The summed E-state index contributed by atoms with van der Waals surface area (Å²) in [5.74, 6) is 0.0890. The molecule has 1 spiro atoms. The monoisotopic (exact) mass is 370 g/mol. The highest BCUT2D eigenvalue weighted by Crippen LogP contribution is 2.42. The summed E-state index contributed by atoms with van der Waals surface area (Å²) in [4.78, 5) is 25.7. The zero-order chi connectivity index (χ0) is 19.0. The van der Waals surface area contributed by atoms with Crippen molar-refractivity contribution in [2.75, 3.05) is 26.2 Å². The first-order chi connectivity index (χ1) is 13.0. The van der Waals surface area contributed by atoms with Gasteiger partial charge in [-0.3, -0.25) is 14.4 Å². The molecule has 7 nitrogen and oxygen atoms in total. The summed E-state index contributed by atoms with van der Waals surface area (Å²) in [5, 5.41) is 4.33. The molecule has 0 saturated carbocycles. The topological polar surface area (TPSA) is 70.1 Å². The standard InChI is InChI=1S/C20H30N6O/c1-4-5-9-26-10-6-16-18(22-14-21-16)20(26)7-11-25(12-8-20)19(27)17-13-15(2)23-24(17)3/h13-14H,4-12H2,1-3H3,(H,21,22). The minimum Gasteiger partial charge on any atom is -0.348 e. The van der Waals surface area contributed by atoms with Gasteiger partial charge in [-0.05, 0) is 38.8 Å². The number of hydrogen-bond donors (Lipinski definition) is 1. The van der Waals surface area contributed by atoms with Crippen molar-refractivity contribution < 1.29 is 4.79 Å². The normalized spacial score (nSPS) is 19.4. The van der Waals surface area contributed by atoms with E-state index in [9.17, 15) is 4.79 Å². The summed E-state index contributed by atoms with van der Waals surface area (Å²) in [6, 6.07) is 1.88. The maximum Gasteiger partial charge on any atom is 0.272 e. The number of piperidine rings is 1. The molecule has 2 aliphatic heterocycles. The van der Waals surface area contributed by atoms with E-state index in [1.165, 1.54) is 24.2 Å². The molecule has 4 heterocycles. The van der Waals surface area contributed by atoms with Crippen molar-refractivity contribution in [3.05, 3.63) is 35.2 Å². The summed E-state index contributed by atoms with van der Waals surface area (Å²) in [5.41, 5.74) is 4.03. The molecule has 2 aromatic rings. The van der Waals surface area contributed by atoms with Crippen LogP contribution in [0.2, 0.25) is 0 Å². The van der Waals surface area contributed by atoms with Crippen molar-refractivity contribution in [3.63, 3.8) is 0 Å². The summed E-state index contributed by atoms with van der Waals surface area (Å²) < 4.78 is 1.70. The fourth-order valence-corrected chi connectivity index (χ4v) is 4.80. The van der Waals surface area contributed by atoms with Gasteiger partial charge in [0.15, 0.2) is 0 Å². The van der Waals surface area contributed by atoms with E-state index in [2.05, 4.69) is 21.9 Å². The van der Waals surface area contributed by atoms with Crippen LogP contribution in [0.4, 0.5) is 0 Å². The number of aryl methyl sites for hydroxylation is 2. The van der Waals surface area contributed by atoms with Gasteiger partial charge in [0.1, 0.15) is 5.69 Å². The van der Waals surface area contributed by atoms with Crippen molar-refractivity contribution in [2.45, 2.75) is 51.5 Å². The Hall–Kier alpha value is -2.15. The Bertz CT molecular complexity index is 814. The molecule has 27 heavy (non-hydrogen) atoms. The van der Waals surface area contributed by atoms with E-state index >= 15 is 0 Å². The quantitative estimate of drug-likeness (QED) is 0.896. The van der Waals surface area contributed by atoms with Crippen LogP contribution in [0.1, 0.15) is 60.2 Å². The molecule has 7 heteroatoms. The molecule has 0 aromatic carbocycles. The Morgan fingerprint density at radius 1 is 1.30 bits per heavy atom. The number of amides is 1. The van der Waals surface area contributed by atoms with Crippen LogP contribution in [0, 0.1) is 6.92 Å². The number of nitrogens with one attached hydrogen (secondary N) is 1. The Morgan fingerprint density at radius 3 is 2.74 bits per heavy atom.